The van der Waals surface area contributed by atoms with Crippen LogP contribution in [0.2, 0.25) is 0 Å². The highest BCUT2D eigenvalue weighted by atomic mass is 35.5. The summed E-state index contributed by atoms with van der Waals surface area (Å²) in [5, 5.41) is 1.06. The Morgan fingerprint density at radius 1 is 0.909 bits per heavy atom. The molecule has 0 atom stereocenters. The van der Waals surface area contributed by atoms with Gasteiger partial charge in [0, 0.05) is 10.9 Å². The van der Waals surface area contributed by atoms with E-state index in [2.05, 4.69) is 52.0 Å². The van der Waals surface area contributed by atoms with Crippen LogP contribution in [0.4, 0.5) is 11.4 Å². The van der Waals surface area contributed by atoms with Gasteiger partial charge >= 0.3 is 0 Å². The van der Waals surface area contributed by atoms with E-state index in [1.54, 1.807) is 6.20 Å². The van der Waals surface area contributed by atoms with Crippen LogP contribution in [0.25, 0.3) is 10.9 Å². The molecule has 0 saturated heterocycles. The van der Waals surface area contributed by atoms with E-state index < -0.39 is 0 Å². The quantitative estimate of drug-likeness (QED) is 0.715. The largest absolute Gasteiger partial charge is 0.297 e. The molecule has 0 aliphatic carbocycles. The van der Waals surface area contributed by atoms with Crippen molar-refractivity contribution in [1.82, 2.24) is 10.4 Å². The van der Waals surface area contributed by atoms with Crippen LogP contribution >= 0.6 is 12.4 Å². The van der Waals surface area contributed by atoms with Gasteiger partial charge in [-0.3, -0.25) is 15.8 Å². The lowest BCUT2D eigenvalue weighted by atomic mass is 10.1. The maximum atomic E-state index is 4.68. The molecule has 0 bridgehead atoms. The lowest BCUT2D eigenvalue weighted by Gasteiger charge is -2.20. The van der Waals surface area contributed by atoms with Crippen LogP contribution in [-0.4, -0.2) is 10.8 Å². The summed E-state index contributed by atoms with van der Waals surface area (Å²) in [5.74, 6) is 0.805. The Hall–Kier alpha value is -2.59. The van der Waals surface area contributed by atoms with E-state index in [9.17, 15) is 0 Å². The number of hydrazine groups is 1. The molecule has 2 heterocycles. The standard InChI is InChI=1S/C17H14N4.ClH/c1-11-6-8-12(9-7-11)17-19-15-10-18-14-5-3-2-4-13(14)16(15)20-21-17;/h2-10,20H,1H3,(H,19,21);1H. The van der Waals surface area contributed by atoms with Gasteiger partial charge in [-0.2, -0.15) is 0 Å². The Morgan fingerprint density at radius 3 is 2.50 bits per heavy atom. The van der Waals surface area contributed by atoms with E-state index >= 15 is 0 Å². The normalized spacial score (nSPS) is 12.5. The zero-order valence-electron chi connectivity index (χ0n) is 12.0. The van der Waals surface area contributed by atoms with Crippen molar-refractivity contribution in [3.63, 3.8) is 0 Å². The fraction of sp³-hybridized carbons (Fsp3) is 0.0588. The van der Waals surface area contributed by atoms with Crippen LogP contribution in [0.1, 0.15) is 11.1 Å². The fourth-order valence-corrected chi connectivity index (χ4v) is 2.47. The molecule has 3 aromatic rings. The third-order valence-electron chi connectivity index (χ3n) is 3.62. The van der Waals surface area contributed by atoms with Gasteiger partial charge in [-0.1, -0.05) is 48.0 Å². The summed E-state index contributed by atoms with van der Waals surface area (Å²) in [7, 11) is 0. The van der Waals surface area contributed by atoms with Gasteiger partial charge in [0.15, 0.2) is 5.84 Å². The Balaban J connectivity index is 0.00000144. The van der Waals surface area contributed by atoms with Crippen molar-refractivity contribution >= 4 is 40.5 Å². The van der Waals surface area contributed by atoms with E-state index in [-0.39, 0.29) is 12.4 Å². The Morgan fingerprint density at radius 2 is 1.68 bits per heavy atom. The van der Waals surface area contributed by atoms with Crippen molar-refractivity contribution in [2.75, 3.05) is 5.43 Å². The monoisotopic (exact) mass is 310 g/mol. The Labute approximate surface area is 134 Å². The van der Waals surface area contributed by atoms with Crippen molar-refractivity contribution in [2.24, 2.45) is 4.99 Å². The number of halogens is 1. The summed E-state index contributed by atoms with van der Waals surface area (Å²) in [6.45, 7) is 2.07. The van der Waals surface area contributed by atoms with Crippen LogP contribution < -0.4 is 10.9 Å². The number of fused-ring (bicyclic) bond motifs is 3. The molecular formula is C17H15ClN4. The maximum absolute atomic E-state index is 4.68. The first-order valence-corrected chi connectivity index (χ1v) is 6.87. The first kappa shape index (κ1) is 14.4. The Bertz CT molecular complexity index is 856. The number of nitrogens with zero attached hydrogens (tertiary/aromatic N) is 2. The summed E-state index contributed by atoms with van der Waals surface area (Å²) < 4.78 is 0. The van der Waals surface area contributed by atoms with Crippen molar-refractivity contribution in [1.29, 1.82) is 0 Å². The van der Waals surface area contributed by atoms with Crippen molar-refractivity contribution in [3.8, 4) is 0 Å². The van der Waals surface area contributed by atoms with Gasteiger partial charge in [0.1, 0.15) is 5.69 Å². The number of rotatable bonds is 1. The molecule has 2 aromatic carbocycles. The number of amidine groups is 1. The number of aromatic nitrogens is 1. The lowest BCUT2D eigenvalue weighted by Crippen LogP contribution is -2.32. The molecule has 0 spiro atoms. The third kappa shape index (κ3) is 2.38. The zero-order valence-corrected chi connectivity index (χ0v) is 12.8. The van der Waals surface area contributed by atoms with Gasteiger partial charge in [0.25, 0.3) is 0 Å². The molecule has 0 saturated carbocycles. The number of nitrogens with one attached hydrogen (secondary N) is 2. The first-order chi connectivity index (χ1) is 10.3. The van der Waals surface area contributed by atoms with Crippen LogP contribution in [0.15, 0.2) is 59.7 Å². The molecule has 22 heavy (non-hydrogen) atoms. The van der Waals surface area contributed by atoms with Gasteiger partial charge in [0.05, 0.1) is 17.4 Å². The van der Waals surface area contributed by atoms with Gasteiger partial charge in [-0.25, -0.2) is 4.99 Å². The number of pyridine rings is 1. The number of benzene rings is 2. The highest BCUT2D eigenvalue weighted by Crippen LogP contribution is 2.33. The second kappa shape index (κ2) is 5.66. The molecule has 0 amide bonds. The number of anilines is 1. The van der Waals surface area contributed by atoms with Crippen LogP contribution in [0.5, 0.6) is 0 Å². The molecule has 1 aliphatic rings. The number of hydrogen-bond donors (Lipinski definition) is 2. The smallest absolute Gasteiger partial charge is 0.152 e. The van der Waals surface area contributed by atoms with Crippen LogP contribution in [-0.2, 0) is 0 Å². The van der Waals surface area contributed by atoms with Crippen LogP contribution in [0, 0.1) is 6.92 Å². The molecule has 0 unspecified atom stereocenters. The summed E-state index contributed by atoms with van der Waals surface area (Å²) in [4.78, 5) is 9.14. The van der Waals surface area contributed by atoms with E-state index in [1.807, 2.05) is 24.3 Å². The van der Waals surface area contributed by atoms with E-state index in [4.69, 9.17) is 0 Å². The molecule has 1 aromatic heterocycles. The molecule has 2 N–H and O–H groups in total. The SMILES string of the molecule is Cc1ccc(C2=Nc3cnc4ccccc4c3NN2)cc1.Cl. The number of aryl methyl sites for hydroxylation is 1. The summed E-state index contributed by atoms with van der Waals surface area (Å²) in [5.41, 5.74) is 11.5. The predicted molar refractivity (Wildman–Crippen MR) is 93.1 cm³/mol. The molecular weight excluding hydrogens is 296 g/mol. The second-order valence-corrected chi connectivity index (χ2v) is 5.11. The minimum Gasteiger partial charge on any atom is -0.297 e. The average molecular weight is 311 g/mol. The van der Waals surface area contributed by atoms with Gasteiger partial charge in [-0.05, 0) is 13.0 Å². The van der Waals surface area contributed by atoms with Crippen molar-refractivity contribution in [2.45, 2.75) is 6.92 Å². The summed E-state index contributed by atoms with van der Waals surface area (Å²) in [6.07, 6.45) is 1.81. The molecule has 0 fully saturated rings. The highest BCUT2D eigenvalue weighted by Gasteiger charge is 2.15. The molecule has 5 heteroatoms. The average Bonchev–Trinajstić information content (AvgIpc) is 2.55. The second-order valence-electron chi connectivity index (χ2n) is 5.11. The molecule has 4 rings (SSSR count). The zero-order chi connectivity index (χ0) is 14.2. The third-order valence-corrected chi connectivity index (χ3v) is 3.62. The summed E-state index contributed by atoms with van der Waals surface area (Å²) in [6, 6.07) is 16.3. The van der Waals surface area contributed by atoms with Crippen molar-refractivity contribution < 1.29 is 0 Å². The maximum Gasteiger partial charge on any atom is 0.152 e. The topological polar surface area (TPSA) is 49.3 Å². The van der Waals surface area contributed by atoms with Crippen LogP contribution in [0.3, 0.4) is 0 Å². The molecule has 1 aliphatic heterocycles. The molecule has 0 radical (unpaired) electrons. The molecule has 4 nitrogen and oxygen atoms in total. The fourth-order valence-electron chi connectivity index (χ4n) is 2.47. The lowest BCUT2D eigenvalue weighted by molar-refractivity contribution is 1.09. The minimum atomic E-state index is 0. The Kier molecular flexibility index (Phi) is 3.69. The first-order valence-electron chi connectivity index (χ1n) is 6.87. The molecule has 110 valence electrons. The highest BCUT2D eigenvalue weighted by molar-refractivity contribution is 6.07. The van der Waals surface area contributed by atoms with E-state index in [0.29, 0.717) is 0 Å². The van der Waals surface area contributed by atoms with E-state index in [1.165, 1.54) is 5.56 Å². The number of hydrogen-bond acceptors (Lipinski definition) is 4. The minimum absolute atomic E-state index is 0. The predicted octanol–water partition coefficient (Wildman–Crippen LogP) is 3.97. The van der Waals surface area contributed by atoms with E-state index in [0.717, 1.165) is 33.7 Å². The number of aliphatic imine (C=N–C) groups is 1. The van der Waals surface area contributed by atoms with Gasteiger partial charge in [-0.15, -0.1) is 12.4 Å². The van der Waals surface area contributed by atoms with Gasteiger partial charge in [0.2, 0.25) is 0 Å². The van der Waals surface area contributed by atoms with Gasteiger partial charge < -0.3 is 0 Å². The van der Waals surface area contributed by atoms with Crippen molar-refractivity contribution in [3.05, 3.63) is 65.9 Å². The summed E-state index contributed by atoms with van der Waals surface area (Å²) >= 11 is 0. The number of para-hydroxylation sites is 1.